The summed E-state index contributed by atoms with van der Waals surface area (Å²) in [5, 5.41) is 7.82. The Kier molecular flexibility index (Phi) is 7.47. The van der Waals surface area contributed by atoms with Crippen molar-refractivity contribution in [2.75, 3.05) is 6.54 Å². The maximum Gasteiger partial charge on any atom is 0.270 e. The number of nitrogens with one attached hydrogen (secondary N) is 2. The molecule has 0 saturated carbocycles. The lowest BCUT2D eigenvalue weighted by atomic mass is 10.1. The molecule has 0 aliphatic heterocycles. The maximum atomic E-state index is 13.5. The minimum absolute atomic E-state index is 0.0732. The largest absolute Gasteiger partial charge is 0.350 e. The van der Waals surface area contributed by atoms with Gasteiger partial charge in [0.15, 0.2) is 0 Å². The third-order valence-electron chi connectivity index (χ3n) is 3.80. The predicted molar refractivity (Wildman–Crippen MR) is 100 cm³/mol. The van der Waals surface area contributed by atoms with Crippen LogP contribution in [-0.2, 0) is 17.8 Å². The molecule has 138 valence electrons. The van der Waals surface area contributed by atoms with Crippen LogP contribution in [0.4, 0.5) is 4.39 Å². The molecule has 0 saturated heterocycles. The molecule has 2 rings (SSSR count). The lowest BCUT2D eigenvalue weighted by Gasteiger charge is -2.08. The zero-order chi connectivity index (χ0) is 18.9. The summed E-state index contributed by atoms with van der Waals surface area (Å²) >= 11 is 1.31. The number of amides is 2. The quantitative estimate of drug-likeness (QED) is 0.662. The van der Waals surface area contributed by atoms with E-state index in [0.29, 0.717) is 35.7 Å². The van der Waals surface area contributed by atoms with Crippen molar-refractivity contribution in [3.05, 3.63) is 64.4 Å². The second-order valence-electron chi connectivity index (χ2n) is 5.87. The third-order valence-corrected chi connectivity index (χ3v) is 4.65. The molecule has 0 fully saturated rings. The Balaban J connectivity index is 1.79. The summed E-state index contributed by atoms with van der Waals surface area (Å²) in [6.07, 6.45) is 2.73. The summed E-state index contributed by atoms with van der Waals surface area (Å²) in [7, 11) is 0. The molecule has 7 heteroatoms. The Hall–Kier alpha value is -2.54. The molecule has 0 radical (unpaired) electrons. The smallest absolute Gasteiger partial charge is 0.270 e. The summed E-state index contributed by atoms with van der Waals surface area (Å²) in [6.45, 7) is 6.05. The Morgan fingerprint density at radius 1 is 1.35 bits per heavy atom. The van der Waals surface area contributed by atoms with Crippen molar-refractivity contribution < 1.29 is 14.0 Å². The first-order valence-electron chi connectivity index (χ1n) is 8.36. The first-order valence-corrected chi connectivity index (χ1v) is 9.23. The number of carbonyl (C=O) groups is 2. The number of thiazole rings is 1. The predicted octanol–water partition coefficient (Wildman–Crippen LogP) is 3.08. The van der Waals surface area contributed by atoms with Crippen molar-refractivity contribution in [3.63, 3.8) is 0 Å². The number of carbonyl (C=O) groups excluding carboxylic acids is 2. The van der Waals surface area contributed by atoms with Crippen molar-refractivity contribution in [3.8, 4) is 0 Å². The highest BCUT2D eigenvalue weighted by Gasteiger charge is 2.14. The fourth-order valence-corrected chi connectivity index (χ4v) is 3.01. The summed E-state index contributed by atoms with van der Waals surface area (Å²) < 4.78 is 13.5. The molecule has 26 heavy (non-hydrogen) atoms. The molecular weight excluding hydrogens is 353 g/mol. The summed E-state index contributed by atoms with van der Waals surface area (Å²) in [4.78, 5) is 28.2. The summed E-state index contributed by atoms with van der Waals surface area (Å²) in [5.41, 5.74) is 0.857. The van der Waals surface area contributed by atoms with E-state index in [-0.39, 0.29) is 30.1 Å². The van der Waals surface area contributed by atoms with E-state index in [0.717, 1.165) is 0 Å². The molecular formula is C19H22FN3O2S. The van der Waals surface area contributed by atoms with Gasteiger partial charge in [0.25, 0.3) is 5.91 Å². The number of nitrogens with zero attached hydrogens (tertiary/aromatic N) is 1. The molecule has 1 aromatic carbocycles. The van der Waals surface area contributed by atoms with Gasteiger partial charge in [-0.25, -0.2) is 9.37 Å². The van der Waals surface area contributed by atoms with E-state index in [1.807, 2.05) is 6.92 Å². The van der Waals surface area contributed by atoms with Crippen molar-refractivity contribution in [2.24, 2.45) is 5.92 Å². The molecule has 2 N–H and O–H groups in total. The molecule has 2 amide bonds. The fraction of sp³-hybridized carbons (Fsp3) is 0.316. The van der Waals surface area contributed by atoms with Gasteiger partial charge in [-0.3, -0.25) is 9.59 Å². The van der Waals surface area contributed by atoms with Crippen molar-refractivity contribution in [1.82, 2.24) is 15.6 Å². The number of aromatic nitrogens is 1. The van der Waals surface area contributed by atoms with Crippen LogP contribution < -0.4 is 10.6 Å². The third kappa shape index (κ3) is 5.77. The number of benzene rings is 1. The molecule has 1 atom stereocenters. The standard InChI is InChI=1S/C19H22FN3O2S/c1-3-6-13(2)18(24)22-11-17-23-16(12-26-17)19(25)21-10-9-14-7-4-5-8-15(14)20/h3-5,7-8,12-13H,1,6,9-11H2,2H3,(H,21,25)(H,22,24). The van der Waals surface area contributed by atoms with Crippen molar-refractivity contribution >= 4 is 23.2 Å². The Morgan fingerprint density at radius 3 is 2.85 bits per heavy atom. The van der Waals surface area contributed by atoms with Gasteiger partial charge < -0.3 is 10.6 Å². The van der Waals surface area contributed by atoms with Gasteiger partial charge >= 0.3 is 0 Å². The fourth-order valence-electron chi connectivity index (χ4n) is 2.29. The van der Waals surface area contributed by atoms with Gasteiger partial charge in [-0.1, -0.05) is 31.2 Å². The molecule has 5 nitrogen and oxygen atoms in total. The van der Waals surface area contributed by atoms with Crippen LogP contribution >= 0.6 is 11.3 Å². The summed E-state index contributed by atoms with van der Waals surface area (Å²) in [5.74, 6) is -0.807. The van der Waals surface area contributed by atoms with Gasteiger partial charge in [0.05, 0.1) is 6.54 Å². The molecule has 1 aromatic heterocycles. The monoisotopic (exact) mass is 375 g/mol. The van der Waals surface area contributed by atoms with Crippen LogP contribution in [0.25, 0.3) is 0 Å². The minimum atomic E-state index is -0.310. The highest BCUT2D eigenvalue weighted by Crippen LogP contribution is 2.11. The van der Waals surface area contributed by atoms with Crippen LogP contribution in [-0.4, -0.2) is 23.3 Å². The van der Waals surface area contributed by atoms with Crippen LogP contribution in [0.1, 0.15) is 34.4 Å². The zero-order valence-electron chi connectivity index (χ0n) is 14.6. The molecule has 0 aliphatic rings. The van der Waals surface area contributed by atoms with Crippen LogP contribution in [0.3, 0.4) is 0 Å². The molecule has 1 unspecified atom stereocenters. The zero-order valence-corrected chi connectivity index (χ0v) is 15.4. The average Bonchev–Trinajstić information content (AvgIpc) is 3.10. The van der Waals surface area contributed by atoms with E-state index in [9.17, 15) is 14.0 Å². The lowest BCUT2D eigenvalue weighted by molar-refractivity contribution is -0.124. The SMILES string of the molecule is C=CCC(C)C(=O)NCc1nc(C(=O)NCCc2ccccc2F)cs1. The van der Waals surface area contributed by atoms with E-state index in [1.54, 1.807) is 29.7 Å². The highest BCUT2D eigenvalue weighted by atomic mass is 32.1. The molecule has 0 spiro atoms. The van der Waals surface area contributed by atoms with E-state index in [1.165, 1.54) is 17.4 Å². The molecule has 1 heterocycles. The van der Waals surface area contributed by atoms with Crippen molar-refractivity contribution in [1.29, 1.82) is 0 Å². The number of allylic oxidation sites excluding steroid dienone is 1. The maximum absolute atomic E-state index is 13.5. The van der Waals surface area contributed by atoms with E-state index < -0.39 is 0 Å². The minimum Gasteiger partial charge on any atom is -0.350 e. The first-order chi connectivity index (χ1) is 12.5. The van der Waals surface area contributed by atoms with E-state index >= 15 is 0 Å². The van der Waals surface area contributed by atoms with Gasteiger partial charge in [-0.15, -0.1) is 17.9 Å². The molecule has 2 aromatic rings. The van der Waals surface area contributed by atoms with Crippen LogP contribution in [0.15, 0.2) is 42.3 Å². The second kappa shape index (κ2) is 9.82. The van der Waals surface area contributed by atoms with Gasteiger partial charge in [-0.05, 0) is 24.5 Å². The molecule has 0 aliphatic carbocycles. The number of halogens is 1. The van der Waals surface area contributed by atoms with E-state index in [2.05, 4.69) is 22.2 Å². The number of hydrogen-bond acceptors (Lipinski definition) is 4. The molecule has 0 bridgehead atoms. The first kappa shape index (κ1) is 19.8. The second-order valence-corrected chi connectivity index (χ2v) is 6.81. The summed E-state index contributed by atoms with van der Waals surface area (Å²) in [6, 6.07) is 6.48. The normalized spacial score (nSPS) is 11.6. The van der Waals surface area contributed by atoms with Crippen LogP contribution in [0.2, 0.25) is 0 Å². The lowest BCUT2D eigenvalue weighted by Crippen LogP contribution is -2.28. The van der Waals surface area contributed by atoms with Crippen molar-refractivity contribution in [2.45, 2.75) is 26.3 Å². The number of rotatable bonds is 9. The highest BCUT2D eigenvalue weighted by molar-refractivity contribution is 7.09. The number of hydrogen-bond donors (Lipinski definition) is 2. The Labute approximate surface area is 156 Å². The van der Waals surface area contributed by atoms with Gasteiger partial charge in [-0.2, -0.15) is 0 Å². The average molecular weight is 375 g/mol. The van der Waals surface area contributed by atoms with Gasteiger partial charge in [0, 0.05) is 17.8 Å². The topological polar surface area (TPSA) is 71.1 Å². The Bertz CT molecular complexity index is 776. The van der Waals surface area contributed by atoms with Crippen LogP contribution in [0.5, 0.6) is 0 Å². The van der Waals surface area contributed by atoms with Gasteiger partial charge in [0.2, 0.25) is 5.91 Å². The van der Waals surface area contributed by atoms with Crippen LogP contribution in [0, 0.1) is 11.7 Å². The van der Waals surface area contributed by atoms with E-state index in [4.69, 9.17) is 0 Å². The van der Waals surface area contributed by atoms with Gasteiger partial charge in [0.1, 0.15) is 16.5 Å². The Morgan fingerprint density at radius 2 is 2.12 bits per heavy atom.